The lowest BCUT2D eigenvalue weighted by Crippen LogP contribution is -2.55. The molecule has 0 spiro atoms. The van der Waals surface area contributed by atoms with E-state index < -0.39 is 0 Å². The zero-order valence-corrected chi connectivity index (χ0v) is 13.8. The Morgan fingerprint density at radius 1 is 1.14 bits per heavy atom. The van der Waals surface area contributed by atoms with Gasteiger partial charge < -0.3 is 5.32 Å². The van der Waals surface area contributed by atoms with Crippen LogP contribution in [0.1, 0.15) is 51.6 Å². The summed E-state index contributed by atoms with van der Waals surface area (Å²) >= 11 is 0. The van der Waals surface area contributed by atoms with Gasteiger partial charge >= 0.3 is 0 Å². The third-order valence-electron chi connectivity index (χ3n) is 5.20. The van der Waals surface area contributed by atoms with Crippen molar-refractivity contribution in [2.45, 2.75) is 58.2 Å². The van der Waals surface area contributed by atoms with Gasteiger partial charge in [0, 0.05) is 31.2 Å². The van der Waals surface area contributed by atoms with E-state index in [1.54, 1.807) is 0 Å². The quantitative estimate of drug-likeness (QED) is 0.884. The van der Waals surface area contributed by atoms with Crippen LogP contribution in [-0.2, 0) is 0 Å². The van der Waals surface area contributed by atoms with Gasteiger partial charge in [-0.3, -0.25) is 4.90 Å². The third kappa shape index (κ3) is 3.67. The number of hydrogen-bond donors (Lipinski definition) is 1. The number of benzene rings is 1. The topological polar surface area (TPSA) is 15.3 Å². The number of rotatable bonds is 5. The Bertz CT molecular complexity index is 438. The smallest absolute Gasteiger partial charge is 0.0476 e. The van der Waals surface area contributed by atoms with Gasteiger partial charge in [0.2, 0.25) is 0 Å². The fraction of sp³-hybridized carbons (Fsp3) is 0.684. The minimum atomic E-state index is 0.546. The molecule has 0 radical (unpaired) electrons. The molecule has 2 heteroatoms. The summed E-state index contributed by atoms with van der Waals surface area (Å²) in [6, 6.07) is 13.0. The Balaban J connectivity index is 1.75. The molecule has 3 unspecified atom stereocenters. The molecule has 1 aromatic rings. The average molecular weight is 286 g/mol. The maximum absolute atomic E-state index is 3.80. The highest BCUT2D eigenvalue weighted by molar-refractivity contribution is 5.21. The summed E-state index contributed by atoms with van der Waals surface area (Å²) in [4.78, 5) is 2.79. The molecular formula is C19H30N2. The fourth-order valence-corrected chi connectivity index (χ4v) is 3.85. The molecule has 116 valence electrons. The van der Waals surface area contributed by atoms with E-state index in [9.17, 15) is 0 Å². The summed E-state index contributed by atoms with van der Waals surface area (Å²) in [6.45, 7) is 9.42. The van der Waals surface area contributed by atoms with E-state index in [-0.39, 0.29) is 0 Å². The van der Waals surface area contributed by atoms with E-state index in [0.717, 1.165) is 24.4 Å². The fourth-order valence-electron chi connectivity index (χ4n) is 3.85. The van der Waals surface area contributed by atoms with E-state index in [4.69, 9.17) is 0 Å². The van der Waals surface area contributed by atoms with Gasteiger partial charge in [0.05, 0.1) is 0 Å². The summed E-state index contributed by atoms with van der Waals surface area (Å²) in [7, 11) is 0. The predicted octanol–water partition coefficient (Wildman–Crippen LogP) is 3.85. The minimum Gasteiger partial charge on any atom is -0.311 e. The maximum atomic E-state index is 3.80. The highest BCUT2D eigenvalue weighted by Gasteiger charge is 2.38. The minimum absolute atomic E-state index is 0.546. The zero-order valence-electron chi connectivity index (χ0n) is 13.8. The maximum Gasteiger partial charge on any atom is 0.0476 e. The van der Waals surface area contributed by atoms with E-state index in [1.165, 1.54) is 31.4 Å². The predicted molar refractivity (Wildman–Crippen MR) is 89.3 cm³/mol. The third-order valence-corrected chi connectivity index (χ3v) is 5.20. The second-order valence-electron chi connectivity index (χ2n) is 7.44. The first kappa shape index (κ1) is 15.1. The number of nitrogens with zero attached hydrogens (tertiary/aromatic N) is 1. The van der Waals surface area contributed by atoms with Crippen LogP contribution in [0.2, 0.25) is 0 Å². The Kier molecular flexibility index (Phi) is 4.66. The molecule has 3 atom stereocenters. The standard InChI is InChI=1S/C19H30N2/c1-14(2)11-18-13-21(15(3)16-9-10-16)19(12-20-18)17-7-5-4-6-8-17/h4-8,14-16,18-20H,9-13H2,1-3H3. The van der Waals surface area contributed by atoms with Crippen LogP contribution in [0.15, 0.2) is 30.3 Å². The Labute approximate surface area is 129 Å². The van der Waals surface area contributed by atoms with Crippen LogP contribution in [0.25, 0.3) is 0 Å². The molecule has 21 heavy (non-hydrogen) atoms. The van der Waals surface area contributed by atoms with Gasteiger partial charge in [0.25, 0.3) is 0 Å². The molecule has 0 aromatic heterocycles. The number of piperazine rings is 1. The molecule has 1 heterocycles. The second kappa shape index (κ2) is 6.50. The largest absolute Gasteiger partial charge is 0.311 e. The van der Waals surface area contributed by atoms with E-state index in [0.29, 0.717) is 12.1 Å². The molecule has 2 aliphatic rings. The monoisotopic (exact) mass is 286 g/mol. The molecule has 1 aromatic carbocycles. The van der Waals surface area contributed by atoms with Crippen LogP contribution in [0.4, 0.5) is 0 Å². The Morgan fingerprint density at radius 2 is 1.86 bits per heavy atom. The molecule has 0 bridgehead atoms. The summed E-state index contributed by atoms with van der Waals surface area (Å²) in [6.07, 6.45) is 4.15. The summed E-state index contributed by atoms with van der Waals surface area (Å²) in [5.41, 5.74) is 1.47. The van der Waals surface area contributed by atoms with Crippen LogP contribution in [0, 0.1) is 11.8 Å². The summed E-state index contributed by atoms with van der Waals surface area (Å²) < 4.78 is 0. The van der Waals surface area contributed by atoms with E-state index in [1.807, 2.05) is 0 Å². The van der Waals surface area contributed by atoms with Crippen LogP contribution in [0.5, 0.6) is 0 Å². The van der Waals surface area contributed by atoms with Crippen LogP contribution in [-0.4, -0.2) is 30.1 Å². The molecular weight excluding hydrogens is 256 g/mol. The molecule has 2 fully saturated rings. The molecule has 2 nitrogen and oxygen atoms in total. The summed E-state index contributed by atoms with van der Waals surface area (Å²) in [5.74, 6) is 1.71. The lowest BCUT2D eigenvalue weighted by molar-refractivity contribution is 0.0727. The van der Waals surface area contributed by atoms with Gasteiger partial charge in [-0.2, -0.15) is 0 Å². The molecule has 1 aliphatic heterocycles. The summed E-state index contributed by atoms with van der Waals surface area (Å²) in [5, 5.41) is 3.80. The van der Waals surface area contributed by atoms with Gasteiger partial charge in [0.15, 0.2) is 0 Å². The van der Waals surface area contributed by atoms with Gasteiger partial charge in [0.1, 0.15) is 0 Å². The van der Waals surface area contributed by atoms with Crippen molar-refractivity contribution in [3.8, 4) is 0 Å². The molecule has 1 saturated heterocycles. The lowest BCUT2D eigenvalue weighted by Gasteiger charge is -2.44. The molecule has 3 rings (SSSR count). The van der Waals surface area contributed by atoms with Crippen molar-refractivity contribution in [2.24, 2.45) is 11.8 Å². The first-order valence-corrected chi connectivity index (χ1v) is 8.69. The highest BCUT2D eigenvalue weighted by atomic mass is 15.3. The Hall–Kier alpha value is -0.860. The first-order valence-electron chi connectivity index (χ1n) is 8.69. The number of hydrogen-bond acceptors (Lipinski definition) is 2. The van der Waals surface area contributed by atoms with Crippen molar-refractivity contribution in [3.63, 3.8) is 0 Å². The normalized spacial score (nSPS) is 28.8. The van der Waals surface area contributed by atoms with Crippen molar-refractivity contribution in [2.75, 3.05) is 13.1 Å². The average Bonchev–Trinajstić information content (AvgIpc) is 3.31. The lowest BCUT2D eigenvalue weighted by atomic mass is 9.94. The van der Waals surface area contributed by atoms with Crippen molar-refractivity contribution in [3.05, 3.63) is 35.9 Å². The van der Waals surface area contributed by atoms with Gasteiger partial charge in [-0.1, -0.05) is 44.2 Å². The van der Waals surface area contributed by atoms with Gasteiger partial charge in [-0.05, 0) is 43.6 Å². The second-order valence-corrected chi connectivity index (χ2v) is 7.44. The zero-order chi connectivity index (χ0) is 14.8. The van der Waals surface area contributed by atoms with E-state index >= 15 is 0 Å². The van der Waals surface area contributed by atoms with E-state index in [2.05, 4.69) is 61.3 Å². The SMILES string of the molecule is CC(C)CC1CN(C(C)C2CC2)C(c2ccccc2)CN1. The van der Waals surface area contributed by atoms with Crippen LogP contribution < -0.4 is 5.32 Å². The highest BCUT2D eigenvalue weighted by Crippen LogP contribution is 2.39. The van der Waals surface area contributed by atoms with Crippen molar-refractivity contribution in [1.82, 2.24) is 10.2 Å². The van der Waals surface area contributed by atoms with Crippen LogP contribution in [0.3, 0.4) is 0 Å². The van der Waals surface area contributed by atoms with Gasteiger partial charge in [-0.15, -0.1) is 0 Å². The number of nitrogens with one attached hydrogen (secondary N) is 1. The molecule has 0 amide bonds. The van der Waals surface area contributed by atoms with Crippen molar-refractivity contribution in [1.29, 1.82) is 0 Å². The first-order chi connectivity index (χ1) is 10.1. The molecule has 1 saturated carbocycles. The van der Waals surface area contributed by atoms with Crippen molar-refractivity contribution >= 4 is 0 Å². The Morgan fingerprint density at radius 3 is 2.48 bits per heavy atom. The molecule has 1 N–H and O–H groups in total. The molecule has 1 aliphatic carbocycles. The van der Waals surface area contributed by atoms with Crippen molar-refractivity contribution < 1.29 is 0 Å². The van der Waals surface area contributed by atoms with Crippen LogP contribution >= 0.6 is 0 Å². The van der Waals surface area contributed by atoms with Gasteiger partial charge in [-0.25, -0.2) is 0 Å².